The van der Waals surface area contributed by atoms with E-state index in [1.807, 2.05) is 94.9 Å². The van der Waals surface area contributed by atoms with Gasteiger partial charge in [0.15, 0.2) is 8.68 Å². The lowest BCUT2D eigenvalue weighted by Crippen LogP contribution is -2.30. The predicted octanol–water partition coefficient (Wildman–Crippen LogP) is 10.1. The van der Waals surface area contributed by atoms with Gasteiger partial charge in [-0.25, -0.2) is 0 Å². The molecule has 5 heterocycles. The molecule has 0 spiro atoms. The van der Waals surface area contributed by atoms with Crippen LogP contribution in [0.25, 0.3) is 9.75 Å². The minimum atomic E-state index is -0.659. The van der Waals surface area contributed by atoms with Gasteiger partial charge >= 0.3 is 0 Å². The SMILES string of the molecule is OC(CSc1nnc(SCC(O)CN(/N=C/c2ccc(C3CC=CS3)s2)c2ccccc2)s1)CN(/N=C/c1ccc(-c2cccs2)s1)c1ccccc1. The molecule has 272 valence electrons. The smallest absolute Gasteiger partial charge is 0.175 e. The van der Waals surface area contributed by atoms with E-state index in [4.69, 9.17) is 10.2 Å². The zero-order valence-electron chi connectivity index (χ0n) is 28.3. The maximum atomic E-state index is 11.1. The summed E-state index contributed by atoms with van der Waals surface area (Å²) in [6.07, 6.45) is 5.71. The van der Waals surface area contributed by atoms with Gasteiger partial charge in [-0.15, -0.1) is 56.0 Å². The van der Waals surface area contributed by atoms with Gasteiger partial charge in [-0.3, -0.25) is 10.0 Å². The molecule has 6 aromatic rings. The molecular formula is C38H36N6O2S7. The fourth-order valence-corrected chi connectivity index (χ4v) is 11.8. The topological polar surface area (TPSA) is 97.4 Å². The first-order valence-electron chi connectivity index (χ1n) is 16.8. The highest BCUT2D eigenvalue weighted by Crippen LogP contribution is 2.41. The Labute approximate surface area is 338 Å². The van der Waals surface area contributed by atoms with Crippen molar-refractivity contribution in [2.24, 2.45) is 10.2 Å². The summed E-state index contributed by atoms with van der Waals surface area (Å²) in [7, 11) is 0. The van der Waals surface area contributed by atoms with Crippen LogP contribution in [0.2, 0.25) is 0 Å². The summed E-state index contributed by atoms with van der Waals surface area (Å²) in [4.78, 5) is 5.94. The first kappa shape index (κ1) is 38.0. The lowest BCUT2D eigenvalue weighted by Gasteiger charge is -2.22. The lowest BCUT2D eigenvalue weighted by molar-refractivity contribution is 0.204. The van der Waals surface area contributed by atoms with Crippen LogP contribution < -0.4 is 10.0 Å². The normalized spacial score (nSPS) is 15.5. The largest absolute Gasteiger partial charge is 0.390 e. The second-order valence-corrected chi connectivity index (χ2v) is 19.6. The van der Waals surface area contributed by atoms with Crippen LogP contribution in [0.5, 0.6) is 0 Å². The molecule has 0 aliphatic carbocycles. The molecule has 0 radical (unpaired) electrons. The number of hydrazone groups is 2. The highest BCUT2D eigenvalue weighted by atomic mass is 32.2. The van der Waals surface area contributed by atoms with Gasteiger partial charge in [-0.1, -0.05) is 83.4 Å². The quantitative estimate of drug-likeness (QED) is 0.0499. The third kappa shape index (κ3) is 11.2. The van der Waals surface area contributed by atoms with E-state index in [2.05, 4.69) is 63.5 Å². The summed E-state index contributed by atoms with van der Waals surface area (Å²) in [5.41, 5.74) is 1.82. The van der Waals surface area contributed by atoms with Gasteiger partial charge in [0.2, 0.25) is 0 Å². The van der Waals surface area contributed by atoms with Crippen molar-refractivity contribution in [3.63, 3.8) is 0 Å². The third-order valence-corrected chi connectivity index (χ3v) is 15.7. The molecule has 7 rings (SSSR count). The van der Waals surface area contributed by atoms with E-state index >= 15 is 0 Å². The number of aliphatic hydroxyl groups excluding tert-OH is 2. The van der Waals surface area contributed by atoms with Crippen LogP contribution in [-0.2, 0) is 0 Å². The monoisotopic (exact) mass is 832 g/mol. The number of allylic oxidation sites excluding steroid dienone is 1. The van der Waals surface area contributed by atoms with Crippen molar-refractivity contribution in [1.29, 1.82) is 0 Å². The fraction of sp³-hybridized carbons (Fsp3) is 0.211. The zero-order chi connectivity index (χ0) is 36.2. The maximum absolute atomic E-state index is 11.1. The van der Waals surface area contributed by atoms with Gasteiger partial charge in [0.1, 0.15) is 0 Å². The molecule has 0 saturated carbocycles. The zero-order valence-corrected chi connectivity index (χ0v) is 34.0. The average Bonchev–Trinajstić information content (AvgIpc) is 4.04. The number of anilines is 2. The second-order valence-electron chi connectivity index (χ2n) is 11.7. The standard InChI is InChI=1S/C38H36N6O2S7/c45-29(23-43(27-9-3-1-4-10-27)39-21-31-15-17-35(51-31)33-13-7-19-47-33)25-49-37-41-42-38(53-37)50-26-30(46)24-44(28-11-5-2-6-12-28)40-22-32-16-18-36(52-32)34-14-8-20-48-34/h1-13,15-22,29-30,34,45-46H,14,23-26H2/b39-21+,40-22+. The van der Waals surface area contributed by atoms with Crippen molar-refractivity contribution >= 4 is 104 Å². The van der Waals surface area contributed by atoms with E-state index in [9.17, 15) is 10.2 Å². The Kier molecular flexibility index (Phi) is 13.9. The summed E-state index contributed by atoms with van der Waals surface area (Å²) in [5, 5.41) is 48.8. The first-order chi connectivity index (χ1) is 26.1. The molecule has 4 aromatic heterocycles. The summed E-state index contributed by atoms with van der Waals surface area (Å²) in [6, 6.07) is 32.5. The van der Waals surface area contributed by atoms with Crippen molar-refractivity contribution in [2.45, 2.75) is 32.6 Å². The summed E-state index contributed by atoms with van der Waals surface area (Å²) < 4.78 is 1.54. The number of hydrogen-bond donors (Lipinski definition) is 2. The Bertz CT molecular complexity index is 2070. The molecule has 53 heavy (non-hydrogen) atoms. The maximum Gasteiger partial charge on any atom is 0.175 e. The molecular weight excluding hydrogens is 797 g/mol. The van der Waals surface area contributed by atoms with Crippen molar-refractivity contribution in [2.75, 3.05) is 34.6 Å². The van der Waals surface area contributed by atoms with Crippen LogP contribution in [0.1, 0.15) is 26.3 Å². The number of rotatable bonds is 18. The minimum absolute atomic E-state index is 0.328. The van der Waals surface area contributed by atoms with E-state index in [-0.39, 0.29) is 0 Å². The van der Waals surface area contributed by atoms with Crippen LogP contribution in [0, 0.1) is 0 Å². The molecule has 1 aliphatic rings. The molecule has 0 fully saturated rings. The molecule has 3 unspecified atom stereocenters. The highest BCUT2D eigenvalue weighted by molar-refractivity contribution is 8.03. The Balaban J connectivity index is 0.902. The molecule has 2 aromatic carbocycles. The number of thioether (sulfide) groups is 3. The number of nitrogens with zero attached hydrogens (tertiary/aromatic N) is 6. The number of benzene rings is 2. The molecule has 0 bridgehead atoms. The summed E-state index contributed by atoms with van der Waals surface area (Å²) in [5.74, 6) is 0.882. The molecule has 3 atom stereocenters. The summed E-state index contributed by atoms with van der Waals surface area (Å²) in [6.45, 7) is 0.664. The molecule has 1 aliphatic heterocycles. The predicted molar refractivity (Wildman–Crippen MR) is 232 cm³/mol. The number of aliphatic hydroxyl groups is 2. The summed E-state index contributed by atoms with van der Waals surface area (Å²) >= 11 is 11.5. The van der Waals surface area contributed by atoms with Crippen molar-refractivity contribution in [1.82, 2.24) is 10.2 Å². The first-order valence-corrected chi connectivity index (χ1v) is 23.0. The molecule has 0 saturated heterocycles. The van der Waals surface area contributed by atoms with E-state index in [1.165, 1.54) is 49.5 Å². The fourth-order valence-electron chi connectivity index (χ4n) is 5.20. The molecule has 8 nitrogen and oxygen atoms in total. The van der Waals surface area contributed by atoms with Gasteiger partial charge in [0.05, 0.1) is 49.1 Å². The Morgan fingerprint density at radius 1 is 0.698 bits per heavy atom. The van der Waals surface area contributed by atoms with Crippen LogP contribution >= 0.6 is 80.6 Å². The van der Waals surface area contributed by atoms with E-state index < -0.39 is 12.2 Å². The number of para-hydroxylation sites is 2. The number of hydrogen-bond acceptors (Lipinski definition) is 15. The van der Waals surface area contributed by atoms with Crippen molar-refractivity contribution in [3.8, 4) is 9.75 Å². The average molecular weight is 833 g/mol. The van der Waals surface area contributed by atoms with Crippen molar-refractivity contribution in [3.05, 3.63) is 129 Å². The third-order valence-electron chi connectivity index (χ3n) is 7.76. The van der Waals surface area contributed by atoms with Crippen LogP contribution in [0.4, 0.5) is 11.4 Å². The lowest BCUT2D eigenvalue weighted by atomic mass is 10.2. The van der Waals surface area contributed by atoms with Gasteiger partial charge in [0, 0.05) is 41.1 Å². The van der Waals surface area contributed by atoms with Gasteiger partial charge < -0.3 is 10.2 Å². The minimum Gasteiger partial charge on any atom is -0.390 e. The van der Waals surface area contributed by atoms with E-state index in [0.29, 0.717) is 29.8 Å². The highest BCUT2D eigenvalue weighted by Gasteiger charge is 2.18. The molecule has 0 amide bonds. The van der Waals surface area contributed by atoms with Gasteiger partial charge in [-0.05, 0) is 71.8 Å². The molecule has 2 N–H and O–H groups in total. The van der Waals surface area contributed by atoms with Gasteiger partial charge in [0.25, 0.3) is 0 Å². The Morgan fingerprint density at radius 2 is 1.30 bits per heavy atom. The van der Waals surface area contributed by atoms with Crippen LogP contribution in [0.3, 0.4) is 0 Å². The number of thiophene rings is 3. The van der Waals surface area contributed by atoms with Crippen molar-refractivity contribution < 1.29 is 10.2 Å². The Hall–Kier alpha value is -3.25. The van der Waals surface area contributed by atoms with E-state index in [1.54, 1.807) is 34.0 Å². The van der Waals surface area contributed by atoms with E-state index in [0.717, 1.165) is 36.2 Å². The van der Waals surface area contributed by atoms with Gasteiger partial charge in [-0.2, -0.15) is 10.2 Å². The molecule has 15 heteroatoms. The number of aromatic nitrogens is 2. The second kappa shape index (κ2) is 19.4. The van der Waals surface area contributed by atoms with Crippen LogP contribution in [-0.4, -0.2) is 69.6 Å². The Morgan fingerprint density at radius 3 is 1.87 bits per heavy atom. The van der Waals surface area contributed by atoms with Crippen LogP contribution in [0.15, 0.2) is 133 Å².